The summed E-state index contributed by atoms with van der Waals surface area (Å²) in [6.45, 7) is 2.18. The molecule has 3 fully saturated rings. The molecular weight excluding hydrogens is 1190 g/mol. The van der Waals surface area contributed by atoms with Gasteiger partial charge in [0.2, 0.25) is 11.8 Å². The molecule has 18 unspecified atom stereocenters. The summed E-state index contributed by atoms with van der Waals surface area (Å²) in [5, 5.41) is 136. The second-order valence-corrected chi connectivity index (χ2v) is 26.1. The van der Waals surface area contributed by atoms with Crippen LogP contribution in [0, 0.1) is 0 Å². The zero-order valence-electron chi connectivity index (χ0n) is 56.2. The van der Waals surface area contributed by atoms with E-state index in [1.165, 1.54) is 141 Å². The Bertz CT molecular complexity index is 1960. The molecule has 18 atom stereocenters. The quantitative estimate of drug-likeness (QED) is 0.0219. The lowest BCUT2D eigenvalue weighted by Crippen LogP contribution is -2.70. The van der Waals surface area contributed by atoms with Crippen molar-refractivity contribution in [1.29, 1.82) is 0 Å². The molecule has 0 aromatic carbocycles. The van der Waals surface area contributed by atoms with Crippen LogP contribution in [0.2, 0.25) is 0 Å². The summed E-state index contributed by atoms with van der Waals surface area (Å²) in [5.74, 6) is -6.10. The number of carboxylic acid groups (broad SMARTS) is 1. The number of ether oxygens (including phenoxy) is 6. The van der Waals surface area contributed by atoms with Gasteiger partial charge >= 0.3 is 5.97 Å². The second-order valence-electron chi connectivity index (χ2n) is 26.1. The van der Waals surface area contributed by atoms with Gasteiger partial charge in [0.15, 0.2) is 12.6 Å². The molecule has 3 heterocycles. The van der Waals surface area contributed by atoms with E-state index in [0.717, 1.165) is 71.1 Å². The van der Waals surface area contributed by atoms with Crippen molar-refractivity contribution in [3.05, 3.63) is 24.3 Å². The third-order valence-corrected chi connectivity index (χ3v) is 18.2. The van der Waals surface area contributed by atoms with Gasteiger partial charge in [-0.25, -0.2) is 4.79 Å². The number of allylic oxidation sites excluding steroid dienone is 4. The maximum atomic E-state index is 13.5. The molecule has 0 aromatic heterocycles. The number of carboxylic acids is 1. The molecule has 0 spiro atoms. The lowest BCUT2D eigenvalue weighted by Gasteiger charge is -2.50. The fourth-order valence-electron chi connectivity index (χ4n) is 12.5. The number of hydrogen-bond donors (Lipinski definition) is 14. The van der Waals surface area contributed by atoms with E-state index < -0.39 is 148 Å². The van der Waals surface area contributed by atoms with Crippen LogP contribution >= 0.6 is 0 Å². The molecule has 92 heavy (non-hydrogen) atoms. The fraction of sp³-hybridized carbons (Fsp3) is 0.899. The Hall–Kier alpha value is -2.79. The van der Waals surface area contributed by atoms with Crippen molar-refractivity contribution in [1.82, 2.24) is 10.6 Å². The molecular formula is C69H126N2O21. The number of carbonyl (C=O) groups is 3. The number of amides is 2. The zero-order chi connectivity index (χ0) is 67.5. The number of hydrogen-bond acceptors (Lipinski definition) is 20. The van der Waals surface area contributed by atoms with Crippen LogP contribution in [0.3, 0.4) is 0 Å². The minimum atomic E-state index is -3.08. The van der Waals surface area contributed by atoms with Gasteiger partial charge in [-0.2, -0.15) is 0 Å². The Labute approximate surface area is 549 Å². The molecule has 0 aliphatic carbocycles. The Morgan fingerprint density at radius 3 is 1.52 bits per heavy atom. The van der Waals surface area contributed by atoms with Gasteiger partial charge in [0.05, 0.1) is 50.7 Å². The van der Waals surface area contributed by atoms with Crippen molar-refractivity contribution in [2.45, 2.75) is 368 Å². The molecule has 0 bridgehead atoms. The molecule has 23 heteroatoms. The zero-order valence-corrected chi connectivity index (χ0v) is 56.2. The fourth-order valence-corrected chi connectivity index (χ4v) is 12.5. The molecule has 2 amide bonds. The summed E-state index contributed by atoms with van der Waals surface area (Å²) in [6, 6.07) is -2.53. The Morgan fingerprint density at radius 1 is 0.565 bits per heavy atom. The highest BCUT2D eigenvalue weighted by Crippen LogP contribution is 2.39. The molecule has 538 valence electrons. The van der Waals surface area contributed by atoms with Gasteiger partial charge in [-0.15, -0.1) is 0 Å². The Morgan fingerprint density at radius 2 is 1.04 bits per heavy atom. The van der Waals surface area contributed by atoms with Gasteiger partial charge in [0.25, 0.3) is 5.79 Å². The first-order chi connectivity index (χ1) is 44.4. The summed E-state index contributed by atoms with van der Waals surface area (Å²) < 4.78 is 34.8. The van der Waals surface area contributed by atoms with Crippen molar-refractivity contribution in [3.8, 4) is 0 Å². The van der Waals surface area contributed by atoms with Crippen molar-refractivity contribution in [2.24, 2.45) is 0 Å². The normalized spacial score (nSPS) is 28.3. The number of aliphatic carboxylic acids is 1. The van der Waals surface area contributed by atoms with Crippen LogP contribution in [0.5, 0.6) is 0 Å². The van der Waals surface area contributed by atoms with Crippen molar-refractivity contribution in [3.63, 3.8) is 0 Å². The average Bonchev–Trinajstić information content (AvgIpc) is 0.771. The predicted octanol–water partition coefficient (Wildman–Crippen LogP) is 6.84. The van der Waals surface area contributed by atoms with Gasteiger partial charge in [0, 0.05) is 19.8 Å². The molecule has 14 N–H and O–H groups in total. The van der Waals surface area contributed by atoms with Crippen LogP contribution in [-0.2, 0) is 42.8 Å². The summed E-state index contributed by atoms with van der Waals surface area (Å²) in [5.41, 5.74) is 0. The number of aliphatic hydroxyl groups is 11. The molecule has 23 nitrogen and oxygen atoms in total. The van der Waals surface area contributed by atoms with Gasteiger partial charge in [-0.1, -0.05) is 218 Å². The van der Waals surface area contributed by atoms with Gasteiger partial charge in [0.1, 0.15) is 67.1 Å². The van der Waals surface area contributed by atoms with Gasteiger partial charge in [-0.05, 0) is 44.9 Å². The molecule has 3 saturated heterocycles. The van der Waals surface area contributed by atoms with Crippen LogP contribution in [0.15, 0.2) is 24.3 Å². The topological polar surface area (TPSA) is 373 Å². The van der Waals surface area contributed by atoms with E-state index in [4.69, 9.17) is 28.4 Å². The summed E-state index contributed by atoms with van der Waals surface area (Å²) >= 11 is 0. The minimum absolute atomic E-state index is 0.221. The molecule has 0 radical (unpaired) electrons. The first-order valence-electron chi connectivity index (χ1n) is 35.7. The number of rotatable bonds is 54. The maximum absolute atomic E-state index is 13.5. The van der Waals surface area contributed by atoms with Crippen molar-refractivity contribution in [2.75, 3.05) is 26.4 Å². The van der Waals surface area contributed by atoms with E-state index in [0.29, 0.717) is 19.3 Å². The van der Waals surface area contributed by atoms with E-state index in [1.807, 2.05) is 0 Å². The highest BCUT2D eigenvalue weighted by molar-refractivity contribution is 5.77. The minimum Gasteiger partial charge on any atom is -0.477 e. The predicted molar refractivity (Wildman–Crippen MR) is 348 cm³/mol. The molecule has 3 aliphatic rings. The molecule has 3 rings (SSSR count). The summed E-state index contributed by atoms with van der Waals surface area (Å²) in [4.78, 5) is 38.5. The Balaban J connectivity index is 1.52. The second kappa shape index (κ2) is 49.7. The molecule has 3 aliphatic heterocycles. The first kappa shape index (κ1) is 83.4. The average molecular weight is 1320 g/mol. The molecule has 0 aromatic rings. The Kier molecular flexibility index (Phi) is 45.1. The lowest BCUT2D eigenvalue weighted by atomic mass is 9.88. The highest BCUT2D eigenvalue weighted by Gasteiger charge is 2.60. The van der Waals surface area contributed by atoms with Crippen LogP contribution < -0.4 is 10.6 Å². The largest absolute Gasteiger partial charge is 0.477 e. The van der Waals surface area contributed by atoms with Crippen molar-refractivity contribution < 1.29 is 104 Å². The summed E-state index contributed by atoms with van der Waals surface area (Å²) in [7, 11) is 0. The van der Waals surface area contributed by atoms with E-state index in [1.54, 1.807) is 0 Å². The first-order valence-corrected chi connectivity index (χ1v) is 35.7. The smallest absolute Gasteiger partial charge is 0.364 e. The monoisotopic (exact) mass is 1320 g/mol. The highest BCUT2D eigenvalue weighted by atomic mass is 16.8. The van der Waals surface area contributed by atoms with Crippen LogP contribution in [0.25, 0.3) is 0 Å². The van der Waals surface area contributed by atoms with E-state index in [-0.39, 0.29) is 18.9 Å². The maximum Gasteiger partial charge on any atom is 0.364 e. The SMILES string of the molecule is CCCCCCCCCCC/C=C\C/C=C\CCCCCCCCCCCCCC(=O)NC(COC1OC(CO)C(OC2OC(CO)C(O)C(OC3(C(=O)O)CC(O)C(NC(C)=O)C(C(O)C(O)CO)O3)C2O)C(O)C1O)C(O)CCCCCCCCCCCCC. The van der Waals surface area contributed by atoms with E-state index in [2.05, 4.69) is 48.8 Å². The number of unbranched alkanes of at least 4 members (excludes halogenated alkanes) is 30. The summed E-state index contributed by atoms with van der Waals surface area (Å²) in [6.07, 6.45) is 20.6. The lowest BCUT2D eigenvalue weighted by molar-refractivity contribution is -0.386. The standard InChI is InChI=1S/C69H126N2O21/c1-4-6-8-10-12-14-16-17-18-19-20-21-22-23-24-25-26-27-28-29-30-31-33-35-37-39-41-43-56(79)71-50(51(76)42-40-38-36-34-32-15-13-11-9-7-5-2)48-87-66-61(83)60(82)63(55(47-74)89-66)90-67-62(84)65(59(81)54(46-73)88-67)92-69(68(85)86)44-52(77)57(70-49(3)75)64(91-69)58(80)53(78)45-72/h20-21,23-24,50-55,57-67,72-74,76-78,80-84H,4-19,22,25-48H2,1-3H3,(H,70,75)(H,71,79)(H,85,86)/b21-20-,24-23-. The van der Waals surface area contributed by atoms with E-state index in [9.17, 15) is 75.7 Å². The third-order valence-electron chi connectivity index (χ3n) is 18.2. The van der Waals surface area contributed by atoms with Gasteiger partial charge in [-0.3, -0.25) is 9.59 Å². The van der Waals surface area contributed by atoms with Crippen LogP contribution in [-0.4, -0.2) is 215 Å². The molecule has 0 saturated carbocycles. The number of carbonyl (C=O) groups excluding carboxylic acids is 2. The van der Waals surface area contributed by atoms with Gasteiger partial charge < -0.3 is 100 Å². The van der Waals surface area contributed by atoms with E-state index >= 15 is 0 Å². The number of nitrogens with one attached hydrogen (secondary N) is 2. The third kappa shape index (κ3) is 31.6. The number of aliphatic hydroxyl groups excluding tert-OH is 11. The van der Waals surface area contributed by atoms with Crippen molar-refractivity contribution >= 4 is 17.8 Å². The van der Waals surface area contributed by atoms with Crippen LogP contribution in [0.1, 0.15) is 258 Å². The van der Waals surface area contributed by atoms with Crippen LogP contribution in [0.4, 0.5) is 0 Å².